The lowest BCUT2D eigenvalue weighted by Gasteiger charge is -2.27. The monoisotopic (exact) mass is 377 g/mol. The topological polar surface area (TPSA) is 122 Å². The molecule has 10 heteroatoms. The Kier molecular flexibility index (Phi) is 4.58. The number of rotatable bonds is 5. The van der Waals surface area contributed by atoms with E-state index >= 15 is 0 Å². The number of aliphatic imine (C=N–C) groups is 2. The van der Waals surface area contributed by atoms with Gasteiger partial charge in [0.05, 0.1) is 11.9 Å². The Morgan fingerprint density at radius 2 is 2.00 bits per heavy atom. The van der Waals surface area contributed by atoms with E-state index in [9.17, 15) is 14.4 Å². The molecule has 2 aromatic rings. The lowest BCUT2D eigenvalue weighted by molar-refractivity contribution is -0.129. The number of nitrogens with zero attached hydrogens (tertiary/aromatic N) is 6. The molecule has 0 saturated heterocycles. The molecule has 3 heterocycles. The van der Waals surface area contributed by atoms with E-state index in [1.54, 1.807) is 12.2 Å². The first-order valence-corrected chi connectivity index (χ1v) is 8.54. The molecule has 0 aliphatic carbocycles. The number of dihydropyridines is 1. The van der Waals surface area contributed by atoms with Crippen LogP contribution in [0.15, 0.2) is 58.7 Å². The van der Waals surface area contributed by atoms with Crippen molar-refractivity contribution in [1.29, 1.82) is 0 Å². The first-order valence-electron chi connectivity index (χ1n) is 8.54. The number of urea groups is 1. The van der Waals surface area contributed by atoms with Crippen molar-refractivity contribution < 1.29 is 14.4 Å². The number of amides is 4. The van der Waals surface area contributed by atoms with E-state index < -0.39 is 23.8 Å². The highest BCUT2D eigenvalue weighted by Gasteiger charge is 2.36. The zero-order valence-electron chi connectivity index (χ0n) is 14.6. The maximum Gasteiger partial charge on any atom is 0.352 e. The number of hydrogen-bond donors (Lipinski definition) is 1. The van der Waals surface area contributed by atoms with E-state index in [-0.39, 0.29) is 24.6 Å². The van der Waals surface area contributed by atoms with Crippen LogP contribution in [-0.2, 0) is 4.79 Å². The summed E-state index contributed by atoms with van der Waals surface area (Å²) in [4.78, 5) is 46.8. The van der Waals surface area contributed by atoms with Crippen LogP contribution < -0.4 is 5.32 Å². The number of carbonyl (C=O) groups is 3. The maximum absolute atomic E-state index is 12.4. The zero-order valence-corrected chi connectivity index (χ0v) is 14.6. The van der Waals surface area contributed by atoms with Gasteiger partial charge in [0, 0.05) is 19.3 Å². The average molecular weight is 377 g/mol. The van der Waals surface area contributed by atoms with Crippen molar-refractivity contribution in [2.75, 3.05) is 13.1 Å². The summed E-state index contributed by atoms with van der Waals surface area (Å²) in [6.07, 6.45) is 6.09. The Balaban J connectivity index is 1.36. The molecule has 4 amide bonds. The number of fused-ring (bicyclic) bond motifs is 1. The van der Waals surface area contributed by atoms with E-state index in [1.165, 1.54) is 17.2 Å². The lowest BCUT2D eigenvalue weighted by atomic mass is 10.0. The minimum Gasteiger partial charge on any atom is -0.349 e. The third kappa shape index (κ3) is 3.34. The molecule has 0 saturated carbocycles. The number of allylic oxidation sites excluding steroid dienone is 1. The Hall–Kier alpha value is -3.95. The van der Waals surface area contributed by atoms with Crippen molar-refractivity contribution >= 4 is 29.9 Å². The molecule has 0 bridgehead atoms. The van der Waals surface area contributed by atoms with Crippen LogP contribution in [0.1, 0.15) is 10.5 Å². The Bertz CT molecular complexity index is 1020. The second-order valence-electron chi connectivity index (χ2n) is 5.99. The summed E-state index contributed by atoms with van der Waals surface area (Å²) in [6.45, 7) is 0.0696. The van der Waals surface area contributed by atoms with Gasteiger partial charge in [-0.2, -0.15) is 14.9 Å². The van der Waals surface area contributed by atoms with Crippen LogP contribution in [0.5, 0.6) is 0 Å². The highest BCUT2D eigenvalue weighted by molar-refractivity contribution is 6.19. The predicted octanol–water partition coefficient (Wildman–Crippen LogP) is 0.615. The third-order valence-electron chi connectivity index (χ3n) is 4.18. The van der Waals surface area contributed by atoms with Gasteiger partial charge in [-0.15, -0.1) is 5.10 Å². The Labute approximate surface area is 159 Å². The minimum atomic E-state index is -0.687. The van der Waals surface area contributed by atoms with Gasteiger partial charge in [-0.25, -0.2) is 9.79 Å². The number of amidine groups is 1. The zero-order chi connectivity index (χ0) is 19.5. The van der Waals surface area contributed by atoms with Gasteiger partial charge in [-0.3, -0.25) is 14.5 Å². The summed E-state index contributed by atoms with van der Waals surface area (Å²) in [5.41, 5.74) is 0.855. The fourth-order valence-electron chi connectivity index (χ4n) is 2.79. The number of hydrogen-bond acceptors (Lipinski definition) is 6. The first kappa shape index (κ1) is 17.5. The molecule has 1 N–H and O–H groups in total. The molecule has 1 unspecified atom stereocenters. The number of para-hydroxylation sites is 1. The normalized spacial score (nSPS) is 18.1. The van der Waals surface area contributed by atoms with Crippen LogP contribution in [0.3, 0.4) is 0 Å². The number of carbonyl (C=O) groups excluding carboxylic acids is 3. The molecule has 140 valence electrons. The highest BCUT2D eigenvalue weighted by Crippen LogP contribution is 2.18. The summed E-state index contributed by atoms with van der Waals surface area (Å²) in [5.74, 6) is -1.34. The van der Waals surface area contributed by atoms with Gasteiger partial charge in [0.1, 0.15) is 11.8 Å². The van der Waals surface area contributed by atoms with Crippen LogP contribution in [0.2, 0.25) is 0 Å². The van der Waals surface area contributed by atoms with Gasteiger partial charge in [0.2, 0.25) is 5.91 Å². The van der Waals surface area contributed by atoms with Crippen molar-refractivity contribution in [3.05, 3.63) is 54.4 Å². The third-order valence-corrected chi connectivity index (χ3v) is 4.18. The van der Waals surface area contributed by atoms with Crippen LogP contribution in [-0.4, -0.2) is 62.9 Å². The molecule has 0 fully saturated rings. The highest BCUT2D eigenvalue weighted by atomic mass is 16.2. The standard InChI is InChI=1S/C18H15N7O3/c26-16(14-11-21-25(23-14)12-5-2-1-3-6-12)20-9-10-24-17(27)13-7-4-8-19-15(13)22-18(24)28/h1-8,11,13H,9-10H2,(H,20,26). The molecule has 1 aromatic heterocycles. The van der Waals surface area contributed by atoms with Crippen LogP contribution in [0.25, 0.3) is 5.69 Å². The molecular weight excluding hydrogens is 362 g/mol. The van der Waals surface area contributed by atoms with Crippen LogP contribution in [0.4, 0.5) is 4.79 Å². The molecule has 4 rings (SSSR count). The maximum atomic E-state index is 12.4. The van der Waals surface area contributed by atoms with Gasteiger partial charge in [-0.05, 0) is 18.2 Å². The molecule has 1 aromatic carbocycles. The van der Waals surface area contributed by atoms with E-state index in [1.807, 2.05) is 30.3 Å². The van der Waals surface area contributed by atoms with Crippen LogP contribution in [0, 0.1) is 5.92 Å². The van der Waals surface area contributed by atoms with Crippen molar-refractivity contribution in [2.24, 2.45) is 15.9 Å². The second kappa shape index (κ2) is 7.35. The molecule has 0 spiro atoms. The minimum absolute atomic E-state index is 0.00105. The quantitative estimate of drug-likeness (QED) is 0.818. The summed E-state index contributed by atoms with van der Waals surface area (Å²) in [6, 6.07) is 8.48. The van der Waals surface area contributed by atoms with Gasteiger partial charge in [0.15, 0.2) is 5.69 Å². The van der Waals surface area contributed by atoms with Gasteiger partial charge >= 0.3 is 6.03 Å². The van der Waals surface area contributed by atoms with Crippen molar-refractivity contribution in [1.82, 2.24) is 25.2 Å². The van der Waals surface area contributed by atoms with Gasteiger partial charge in [-0.1, -0.05) is 24.3 Å². The van der Waals surface area contributed by atoms with Crippen molar-refractivity contribution in [3.63, 3.8) is 0 Å². The Morgan fingerprint density at radius 1 is 1.18 bits per heavy atom. The summed E-state index contributed by atoms with van der Waals surface area (Å²) in [7, 11) is 0. The number of aromatic nitrogens is 3. The second-order valence-corrected chi connectivity index (χ2v) is 5.99. The molecule has 10 nitrogen and oxygen atoms in total. The lowest BCUT2D eigenvalue weighted by Crippen LogP contribution is -2.48. The molecule has 2 aliphatic heterocycles. The van der Waals surface area contributed by atoms with Crippen LogP contribution >= 0.6 is 0 Å². The SMILES string of the molecule is O=C(NCCN1C(=O)N=C2N=CC=CC2C1=O)c1cnn(-c2ccccc2)n1. The molecule has 28 heavy (non-hydrogen) atoms. The van der Waals surface area contributed by atoms with E-state index in [4.69, 9.17) is 0 Å². The van der Waals surface area contributed by atoms with E-state index in [0.717, 1.165) is 10.6 Å². The molecule has 1 atom stereocenters. The molecule has 0 radical (unpaired) electrons. The number of benzene rings is 1. The number of imide groups is 1. The van der Waals surface area contributed by atoms with E-state index in [0.29, 0.717) is 0 Å². The summed E-state index contributed by atoms with van der Waals surface area (Å²) < 4.78 is 0. The van der Waals surface area contributed by atoms with Gasteiger partial charge in [0.25, 0.3) is 5.91 Å². The van der Waals surface area contributed by atoms with E-state index in [2.05, 4.69) is 25.5 Å². The molecular formula is C18H15N7O3. The van der Waals surface area contributed by atoms with Gasteiger partial charge < -0.3 is 5.32 Å². The molecule has 2 aliphatic rings. The fraction of sp³-hybridized carbons (Fsp3) is 0.167. The van der Waals surface area contributed by atoms with Crippen molar-refractivity contribution in [3.8, 4) is 5.69 Å². The first-order chi connectivity index (χ1) is 13.6. The summed E-state index contributed by atoms with van der Waals surface area (Å²) >= 11 is 0. The Morgan fingerprint density at radius 3 is 2.82 bits per heavy atom. The summed E-state index contributed by atoms with van der Waals surface area (Å²) in [5, 5.41) is 10.8. The average Bonchev–Trinajstić information content (AvgIpc) is 3.21. The van der Waals surface area contributed by atoms with Crippen molar-refractivity contribution in [2.45, 2.75) is 0 Å². The predicted molar refractivity (Wildman–Crippen MR) is 99.4 cm³/mol. The number of nitrogens with one attached hydrogen (secondary N) is 1. The fourth-order valence-corrected chi connectivity index (χ4v) is 2.79. The largest absolute Gasteiger partial charge is 0.352 e. The smallest absolute Gasteiger partial charge is 0.349 e.